The maximum Gasteiger partial charge on any atom is 0.190 e. The quantitative estimate of drug-likeness (QED) is 0.661. The van der Waals surface area contributed by atoms with Crippen molar-refractivity contribution in [3.63, 3.8) is 0 Å². The topological polar surface area (TPSA) is 94.8 Å². The number of aliphatic hydroxyl groups is 3. The number of halogens is 1. The number of fused-ring (bicyclic) bond motifs is 5. The zero-order valence-electron chi connectivity index (χ0n) is 16.3. The summed E-state index contributed by atoms with van der Waals surface area (Å²) in [4.78, 5) is 25.7. The summed E-state index contributed by atoms with van der Waals surface area (Å²) in [5, 5.41) is 30.6. The summed E-state index contributed by atoms with van der Waals surface area (Å²) in [5.74, 6) is 0.380. The van der Waals surface area contributed by atoms with Crippen LogP contribution in [0.1, 0.15) is 65.2 Å². The number of ketones is 2. The molecule has 0 heterocycles. The van der Waals surface area contributed by atoms with E-state index in [-0.39, 0.29) is 53.9 Å². The average Bonchev–Trinajstić information content (AvgIpc) is 2.86. The minimum absolute atomic E-state index is 0. The molecule has 4 saturated carbocycles. The smallest absolute Gasteiger partial charge is 0.190 e. The fourth-order valence-corrected chi connectivity index (χ4v) is 7.64. The molecule has 0 aliphatic heterocycles. The third-order valence-corrected chi connectivity index (χ3v) is 9.08. The lowest BCUT2D eigenvalue weighted by Crippen LogP contribution is -2.62. The highest BCUT2D eigenvalue weighted by molar-refractivity contribution is 5.92. The molecule has 0 spiro atoms. The molecular weight excluding hydrogens is 368 g/mol. The minimum Gasteiger partial charge on any atom is -0.393 e. The molecule has 0 bridgehead atoms. The van der Waals surface area contributed by atoms with Gasteiger partial charge in [0.1, 0.15) is 18.0 Å². The number of rotatable bonds is 2. The van der Waals surface area contributed by atoms with Crippen LogP contribution in [0.25, 0.3) is 0 Å². The molecule has 8 atom stereocenters. The van der Waals surface area contributed by atoms with E-state index in [1.807, 2.05) is 6.92 Å². The molecule has 0 radical (unpaired) electrons. The molecule has 6 heteroatoms. The highest BCUT2D eigenvalue weighted by atomic mass is 35.5. The van der Waals surface area contributed by atoms with Gasteiger partial charge in [0.2, 0.25) is 0 Å². The van der Waals surface area contributed by atoms with Crippen molar-refractivity contribution in [3.8, 4) is 0 Å². The molecule has 0 unspecified atom stereocenters. The van der Waals surface area contributed by atoms with Gasteiger partial charge in [0.25, 0.3) is 0 Å². The van der Waals surface area contributed by atoms with E-state index in [2.05, 4.69) is 6.92 Å². The fourth-order valence-electron chi connectivity index (χ4n) is 7.64. The second kappa shape index (κ2) is 6.79. The van der Waals surface area contributed by atoms with Crippen LogP contribution >= 0.6 is 12.4 Å². The Morgan fingerprint density at radius 3 is 2.52 bits per heavy atom. The van der Waals surface area contributed by atoms with Crippen molar-refractivity contribution >= 4 is 24.0 Å². The Bertz CT molecular complexity index is 638. The summed E-state index contributed by atoms with van der Waals surface area (Å²) in [6.07, 6.45) is 5.47. The van der Waals surface area contributed by atoms with Gasteiger partial charge in [0, 0.05) is 17.8 Å². The van der Waals surface area contributed by atoms with Crippen LogP contribution in [0, 0.1) is 34.5 Å². The van der Waals surface area contributed by atoms with Crippen LogP contribution < -0.4 is 0 Å². The fraction of sp³-hybridized carbons (Fsp3) is 0.905. The van der Waals surface area contributed by atoms with E-state index in [1.165, 1.54) is 0 Å². The molecule has 4 rings (SSSR count). The Kier molecular flexibility index (Phi) is 5.34. The van der Waals surface area contributed by atoms with Gasteiger partial charge in [-0.2, -0.15) is 0 Å². The first-order valence-electron chi connectivity index (χ1n) is 10.2. The molecule has 154 valence electrons. The summed E-state index contributed by atoms with van der Waals surface area (Å²) in [6.45, 7) is 3.46. The van der Waals surface area contributed by atoms with E-state index in [9.17, 15) is 24.9 Å². The van der Waals surface area contributed by atoms with E-state index in [4.69, 9.17) is 0 Å². The Labute approximate surface area is 167 Å². The highest BCUT2D eigenvalue weighted by Gasteiger charge is 2.68. The molecular formula is C21H33ClO5. The second-order valence-corrected chi connectivity index (χ2v) is 10.00. The molecule has 4 fully saturated rings. The van der Waals surface area contributed by atoms with Gasteiger partial charge < -0.3 is 15.3 Å². The molecule has 27 heavy (non-hydrogen) atoms. The third-order valence-electron chi connectivity index (χ3n) is 9.08. The van der Waals surface area contributed by atoms with Crippen LogP contribution in [0.4, 0.5) is 0 Å². The molecule has 5 nitrogen and oxygen atoms in total. The number of carbonyl (C=O) groups excluding carboxylic acids is 2. The van der Waals surface area contributed by atoms with Crippen molar-refractivity contribution in [2.24, 2.45) is 34.5 Å². The van der Waals surface area contributed by atoms with Gasteiger partial charge in [-0.05, 0) is 68.1 Å². The highest BCUT2D eigenvalue weighted by Crippen LogP contribution is 2.67. The lowest BCUT2D eigenvalue weighted by molar-refractivity contribution is -0.180. The zero-order chi connectivity index (χ0) is 18.9. The molecule has 4 aliphatic carbocycles. The Hall–Kier alpha value is -0.490. The summed E-state index contributed by atoms with van der Waals surface area (Å²) in [5.41, 5.74) is -2.40. The minimum atomic E-state index is -1.58. The first kappa shape index (κ1) is 21.2. The number of Topliss-reactive ketones (excluding diaryl/α,β-unsaturated/α-hetero) is 2. The van der Waals surface area contributed by atoms with Crippen molar-refractivity contribution in [1.29, 1.82) is 0 Å². The molecule has 0 amide bonds. The molecule has 3 N–H and O–H groups in total. The third kappa shape index (κ3) is 2.68. The molecule has 0 saturated heterocycles. The Morgan fingerprint density at radius 2 is 1.85 bits per heavy atom. The maximum absolute atomic E-state index is 13.4. The zero-order valence-corrected chi connectivity index (χ0v) is 17.1. The van der Waals surface area contributed by atoms with Gasteiger partial charge in [0.05, 0.1) is 6.10 Å². The van der Waals surface area contributed by atoms with Gasteiger partial charge in [-0.1, -0.05) is 13.8 Å². The molecule has 4 aliphatic rings. The van der Waals surface area contributed by atoms with Crippen molar-refractivity contribution in [2.45, 2.75) is 76.9 Å². The second-order valence-electron chi connectivity index (χ2n) is 10.00. The van der Waals surface area contributed by atoms with Gasteiger partial charge in [0.15, 0.2) is 5.78 Å². The summed E-state index contributed by atoms with van der Waals surface area (Å²) in [7, 11) is 0. The van der Waals surface area contributed by atoms with E-state index in [1.54, 1.807) is 0 Å². The van der Waals surface area contributed by atoms with Crippen LogP contribution in [0.3, 0.4) is 0 Å². The van der Waals surface area contributed by atoms with Crippen LogP contribution in [0.5, 0.6) is 0 Å². The summed E-state index contributed by atoms with van der Waals surface area (Å²) in [6, 6.07) is 0. The van der Waals surface area contributed by atoms with Crippen LogP contribution in [-0.2, 0) is 9.59 Å². The molecule has 0 aromatic heterocycles. The molecule has 0 aromatic carbocycles. The van der Waals surface area contributed by atoms with E-state index in [0.717, 1.165) is 38.5 Å². The van der Waals surface area contributed by atoms with Crippen molar-refractivity contribution in [3.05, 3.63) is 0 Å². The van der Waals surface area contributed by atoms with Crippen LogP contribution in [0.2, 0.25) is 0 Å². The average molecular weight is 401 g/mol. The summed E-state index contributed by atoms with van der Waals surface area (Å²) >= 11 is 0. The van der Waals surface area contributed by atoms with Crippen molar-refractivity contribution in [2.75, 3.05) is 6.61 Å². The van der Waals surface area contributed by atoms with E-state index in [0.29, 0.717) is 12.3 Å². The predicted octanol–water partition coefficient (Wildman–Crippen LogP) is 2.28. The van der Waals surface area contributed by atoms with Crippen molar-refractivity contribution < 1.29 is 24.9 Å². The standard InChI is InChI=1S/C21H32O5.ClH/c1-19-7-5-13(23)9-12(19)3-4-14-15-6-8-21(26,17(25)11-22)20(15,2)10-16(24)18(14)19;/h12-15,18,22-23,26H,3-11H2,1-2H3;1H/t12-,13-,14+,15+,18-,19+,20+,21+;/m1./s1. The Balaban J connectivity index is 0.00000210. The monoisotopic (exact) mass is 400 g/mol. The lowest BCUT2D eigenvalue weighted by Gasteiger charge is -2.60. The lowest BCUT2D eigenvalue weighted by atomic mass is 9.44. The van der Waals surface area contributed by atoms with Gasteiger partial charge in [-0.3, -0.25) is 9.59 Å². The number of hydrogen-bond donors (Lipinski definition) is 3. The van der Waals surface area contributed by atoms with Gasteiger partial charge in [-0.15, -0.1) is 12.4 Å². The van der Waals surface area contributed by atoms with E-state index >= 15 is 0 Å². The van der Waals surface area contributed by atoms with E-state index < -0.39 is 23.4 Å². The Morgan fingerprint density at radius 1 is 1.15 bits per heavy atom. The number of aliphatic hydroxyl groups excluding tert-OH is 2. The normalized spacial score (nSPS) is 51.6. The number of carbonyl (C=O) groups is 2. The van der Waals surface area contributed by atoms with Crippen molar-refractivity contribution in [1.82, 2.24) is 0 Å². The van der Waals surface area contributed by atoms with Gasteiger partial charge in [-0.25, -0.2) is 0 Å². The van der Waals surface area contributed by atoms with Crippen LogP contribution in [-0.4, -0.2) is 45.2 Å². The predicted molar refractivity (Wildman–Crippen MR) is 102 cm³/mol. The molecule has 0 aromatic rings. The first-order chi connectivity index (χ1) is 12.2. The first-order valence-corrected chi connectivity index (χ1v) is 10.2. The van der Waals surface area contributed by atoms with Crippen LogP contribution in [0.15, 0.2) is 0 Å². The summed E-state index contributed by atoms with van der Waals surface area (Å²) < 4.78 is 0. The van der Waals surface area contributed by atoms with Gasteiger partial charge >= 0.3 is 0 Å². The largest absolute Gasteiger partial charge is 0.393 e. The SMILES string of the molecule is C[C@]12CC[C@@H](O)C[C@H]1CC[C@@H]1[C@@H]2C(=O)C[C@@]2(C)[C@H]1CC[C@]2(O)C(=O)CO.Cl. The number of hydrogen-bond acceptors (Lipinski definition) is 5. The maximum atomic E-state index is 13.4.